The number of nitrogens with zero attached hydrogens (tertiary/aromatic N) is 4. The van der Waals surface area contributed by atoms with Gasteiger partial charge in [-0.15, -0.1) is 0 Å². The first-order valence-electron chi connectivity index (χ1n) is 19.6. The molecule has 5 atom stereocenters. The van der Waals surface area contributed by atoms with Gasteiger partial charge in [0.25, 0.3) is 5.91 Å². The average molecular weight is 788 g/mol. The van der Waals surface area contributed by atoms with Crippen LogP contribution in [-0.2, 0) is 29.1 Å². The Labute approximate surface area is 334 Å². The van der Waals surface area contributed by atoms with Crippen LogP contribution in [0.1, 0.15) is 63.6 Å². The maximum atomic E-state index is 14.5. The first kappa shape index (κ1) is 42.7. The van der Waals surface area contributed by atoms with Crippen molar-refractivity contribution in [2.24, 2.45) is 11.3 Å². The smallest absolute Gasteiger partial charge is 0.405 e. The number of aliphatic hydroxyl groups is 1. The summed E-state index contributed by atoms with van der Waals surface area (Å²) in [4.78, 5) is 61.7. The lowest BCUT2D eigenvalue weighted by Crippen LogP contribution is -2.60. The first-order chi connectivity index (χ1) is 27.1. The number of urea groups is 1. The van der Waals surface area contributed by atoms with Crippen molar-refractivity contribution in [3.63, 3.8) is 0 Å². The van der Waals surface area contributed by atoms with Crippen molar-refractivity contribution in [1.82, 2.24) is 35.9 Å². The van der Waals surface area contributed by atoms with Crippen molar-refractivity contribution < 1.29 is 38.9 Å². The maximum absolute atomic E-state index is 14.5. The number of aromatic nitrogens is 1. The van der Waals surface area contributed by atoms with Crippen LogP contribution in [0.5, 0.6) is 11.5 Å². The molecule has 5 N–H and O–H groups in total. The van der Waals surface area contributed by atoms with Crippen LogP contribution in [0.15, 0.2) is 66.7 Å². The van der Waals surface area contributed by atoms with E-state index in [0.29, 0.717) is 50.8 Å². The summed E-state index contributed by atoms with van der Waals surface area (Å²) < 4.78 is 11.5. The summed E-state index contributed by atoms with van der Waals surface area (Å²) in [6.45, 7) is 12.9. The molecule has 57 heavy (non-hydrogen) atoms. The van der Waals surface area contributed by atoms with Gasteiger partial charge in [0.2, 0.25) is 5.91 Å². The van der Waals surface area contributed by atoms with Crippen LogP contribution in [0.2, 0.25) is 0 Å². The number of hydrogen-bond donors (Lipinski definition) is 5. The van der Waals surface area contributed by atoms with Gasteiger partial charge in [0.1, 0.15) is 25.3 Å². The maximum Gasteiger partial charge on any atom is 0.405 e. The Morgan fingerprint density at radius 3 is 2.32 bits per heavy atom. The van der Waals surface area contributed by atoms with Crippen LogP contribution >= 0.6 is 0 Å². The molecule has 3 aromatic rings. The van der Waals surface area contributed by atoms with Gasteiger partial charge in [0.05, 0.1) is 24.4 Å². The minimum Gasteiger partial charge on any atom is -0.486 e. The highest BCUT2D eigenvalue weighted by molar-refractivity contribution is 5.88. The Bertz CT molecular complexity index is 1860. The number of carboxylic acid groups (broad SMARTS) is 1. The fourth-order valence-electron chi connectivity index (χ4n) is 7.17. The van der Waals surface area contributed by atoms with E-state index in [1.54, 1.807) is 42.7 Å². The molecule has 0 saturated carbocycles. The number of rotatable bonds is 17. The summed E-state index contributed by atoms with van der Waals surface area (Å²) in [6, 6.07) is 17.4. The average Bonchev–Trinajstić information content (AvgIpc) is 3.51. The van der Waals surface area contributed by atoms with Crippen LogP contribution < -0.4 is 25.5 Å². The number of hydrazine groups is 1. The molecule has 15 heteroatoms. The number of hydrogen-bond acceptors (Lipinski definition) is 9. The highest BCUT2D eigenvalue weighted by Crippen LogP contribution is 2.31. The molecular formula is C42H57N7O8. The SMILES string of the molecule is CCC(C)C(C(=O)NC(Cc1ccccc1)C(O)CN(Cc1ccc2c(c1)OCCO2)NC(=O)C(NC(=O)O)C(C)(C)C)N1CCN(Cc2cccc(C)n2)C1=O. The summed E-state index contributed by atoms with van der Waals surface area (Å²) in [5.74, 6) is -0.0853. The Balaban J connectivity index is 1.40. The van der Waals surface area contributed by atoms with Gasteiger partial charge in [-0.1, -0.05) is 83.5 Å². The van der Waals surface area contributed by atoms with Crippen molar-refractivity contribution in [2.45, 2.75) is 91.7 Å². The van der Waals surface area contributed by atoms with Gasteiger partial charge >= 0.3 is 12.1 Å². The summed E-state index contributed by atoms with van der Waals surface area (Å²) in [7, 11) is 0. The Kier molecular flexibility index (Phi) is 14.4. The van der Waals surface area contributed by atoms with Crippen LogP contribution in [0, 0.1) is 18.3 Å². The van der Waals surface area contributed by atoms with E-state index in [4.69, 9.17) is 9.47 Å². The number of amides is 5. The molecule has 2 aromatic carbocycles. The van der Waals surface area contributed by atoms with E-state index in [0.717, 1.165) is 22.5 Å². The summed E-state index contributed by atoms with van der Waals surface area (Å²) in [5.41, 5.74) is 5.26. The second kappa shape index (κ2) is 19.2. The predicted octanol–water partition coefficient (Wildman–Crippen LogP) is 4.12. The van der Waals surface area contributed by atoms with Crippen molar-refractivity contribution >= 4 is 23.9 Å². The van der Waals surface area contributed by atoms with E-state index in [-0.39, 0.29) is 31.5 Å². The quantitative estimate of drug-likeness (QED) is 0.125. The normalized spacial score (nSPS) is 16.7. The number of fused-ring (bicyclic) bond motifs is 1. The number of nitrogens with one attached hydrogen (secondary N) is 3. The Morgan fingerprint density at radius 1 is 0.930 bits per heavy atom. The van der Waals surface area contributed by atoms with Gasteiger partial charge in [-0.25, -0.2) is 14.6 Å². The standard InChI is InChI=1S/C42H57N7O8/c1-7-27(2)36(49-19-18-47(41(49)55)25-31-15-11-12-28(3)43-31)38(51)44-32(22-29-13-9-8-10-14-29)33(50)26-48(46-39(52)37(42(4,5)6)45-40(53)54)24-30-16-17-34-35(23-30)57-21-20-56-34/h8-17,23,27,32-33,36-37,45,50H,7,18-22,24-26H2,1-6H3,(H,44,51)(H,46,52)(H,53,54). The number of ether oxygens (including phenoxy) is 2. The van der Waals surface area contributed by atoms with E-state index >= 15 is 0 Å². The molecule has 0 radical (unpaired) electrons. The monoisotopic (exact) mass is 787 g/mol. The van der Waals surface area contributed by atoms with Gasteiger partial charge in [-0.2, -0.15) is 0 Å². The van der Waals surface area contributed by atoms with E-state index in [1.807, 2.05) is 75.4 Å². The van der Waals surface area contributed by atoms with Gasteiger partial charge in [0.15, 0.2) is 11.5 Å². The third kappa shape index (κ3) is 11.6. The number of pyridine rings is 1. The van der Waals surface area contributed by atoms with Gasteiger partial charge in [0, 0.05) is 31.9 Å². The largest absolute Gasteiger partial charge is 0.486 e. The van der Waals surface area contributed by atoms with Crippen LogP contribution in [-0.4, -0.2) is 111 Å². The van der Waals surface area contributed by atoms with Crippen molar-refractivity contribution in [3.8, 4) is 11.5 Å². The van der Waals surface area contributed by atoms with Crippen molar-refractivity contribution in [1.29, 1.82) is 0 Å². The molecule has 15 nitrogen and oxygen atoms in total. The Hall–Kier alpha value is -5.41. The Morgan fingerprint density at radius 2 is 1.65 bits per heavy atom. The topological polar surface area (TPSA) is 186 Å². The first-order valence-corrected chi connectivity index (χ1v) is 19.6. The number of carbonyl (C=O) groups is 4. The molecule has 0 bridgehead atoms. The van der Waals surface area contributed by atoms with Crippen LogP contribution in [0.3, 0.4) is 0 Å². The molecule has 308 valence electrons. The van der Waals surface area contributed by atoms with E-state index in [1.165, 1.54) is 5.01 Å². The zero-order valence-corrected chi connectivity index (χ0v) is 33.7. The molecule has 2 aliphatic heterocycles. The minimum atomic E-state index is -1.35. The lowest BCUT2D eigenvalue weighted by atomic mass is 9.86. The fourth-order valence-corrected chi connectivity index (χ4v) is 7.17. The third-order valence-electron chi connectivity index (χ3n) is 10.4. The molecule has 1 fully saturated rings. The molecule has 3 heterocycles. The van der Waals surface area contributed by atoms with Crippen molar-refractivity contribution in [2.75, 3.05) is 32.8 Å². The second-order valence-electron chi connectivity index (χ2n) is 16.0. The molecule has 5 unspecified atom stereocenters. The summed E-state index contributed by atoms with van der Waals surface area (Å²) in [6.07, 6.45) is -1.72. The van der Waals surface area contributed by atoms with Gasteiger partial charge < -0.3 is 40.1 Å². The van der Waals surface area contributed by atoms with Crippen molar-refractivity contribution in [3.05, 3.63) is 89.2 Å². The molecule has 5 amide bonds. The van der Waals surface area contributed by atoms with Crippen LogP contribution in [0.25, 0.3) is 0 Å². The van der Waals surface area contributed by atoms with E-state index < -0.39 is 47.6 Å². The third-order valence-corrected chi connectivity index (χ3v) is 10.4. The highest BCUT2D eigenvalue weighted by Gasteiger charge is 2.41. The fraction of sp³-hybridized carbons (Fsp3) is 0.500. The lowest BCUT2D eigenvalue weighted by molar-refractivity contribution is -0.132. The zero-order chi connectivity index (χ0) is 41.3. The molecule has 1 saturated heterocycles. The molecule has 2 aliphatic rings. The molecular weight excluding hydrogens is 731 g/mol. The van der Waals surface area contributed by atoms with Gasteiger partial charge in [-0.3, -0.25) is 20.0 Å². The van der Waals surface area contributed by atoms with Gasteiger partial charge in [-0.05, 0) is 60.1 Å². The number of carbonyl (C=O) groups excluding carboxylic acids is 3. The second-order valence-corrected chi connectivity index (χ2v) is 16.0. The highest BCUT2D eigenvalue weighted by atomic mass is 16.6. The molecule has 1 aromatic heterocycles. The molecule has 5 rings (SSSR count). The minimum absolute atomic E-state index is 0.0960. The predicted molar refractivity (Wildman–Crippen MR) is 213 cm³/mol. The van der Waals surface area contributed by atoms with E-state index in [2.05, 4.69) is 21.0 Å². The number of aryl methyl sites for hydroxylation is 1. The lowest BCUT2D eigenvalue weighted by Gasteiger charge is -2.36. The number of aliphatic hydroxyl groups excluding tert-OH is 1. The summed E-state index contributed by atoms with van der Waals surface area (Å²) in [5, 5.41) is 28.6. The molecule has 0 aliphatic carbocycles. The zero-order valence-electron chi connectivity index (χ0n) is 33.7. The number of benzene rings is 2. The van der Waals surface area contributed by atoms with Crippen LogP contribution in [0.4, 0.5) is 9.59 Å². The summed E-state index contributed by atoms with van der Waals surface area (Å²) >= 11 is 0. The van der Waals surface area contributed by atoms with E-state index in [9.17, 15) is 29.4 Å². The molecule has 0 spiro atoms.